The lowest BCUT2D eigenvalue weighted by molar-refractivity contribution is -0.119. The summed E-state index contributed by atoms with van der Waals surface area (Å²) in [6.45, 7) is 5.53. The van der Waals surface area contributed by atoms with Crippen LogP contribution in [0.5, 0.6) is 0 Å². The van der Waals surface area contributed by atoms with Gasteiger partial charge in [-0.3, -0.25) is 4.79 Å². The van der Waals surface area contributed by atoms with Gasteiger partial charge in [-0.25, -0.2) is 0 Å². The molecule has 2 nitrogen and oxygen atoms in total. The summed E-state index contributed by atoms with van der Waals surface area (Å²) < 4.78 is -1.63. The highest BCUT2D eigenvalue weighted by molar-refractivity contribution is 6.69. The molecule has 0 aliphatic rings. The van der Waals surface area contributed by atoms with Crippen molar-refractivity contribution in [1.82, 2.24) is 5.32 Å². The first-order valence-electron chi connectivity index (χ1n) is 3.35. The molecule has 0 aliphatic carbocycles. The summed E-state index contributed by atoms with van der Waals surface area (Å²) in [5, 5.41) is 2.63. The third kappa shape index (κ3) is 8.44. The summed E-state index contributed by atoms with van der Waals surface area (Å²) in [6.07, 6.45) is 1.00. The van der Waals surface area contributed by atoms with Gasteiger partial charge in [-0.1, -0.05) is 34.8 Å². The number of hydrogen-bond donors (Lipinski definition) is 1. The summed E-state index contributed by atoms with van der Waals surface area (Å²) in [4.78, 5) is 11.1. The monoisotopic (exact) mass is 230 g/mol. The van der Waals surface area contributed by atoms with Crippen molar-refractivity contribution >= 4 is 40.7 Å². The van der Waals surface area contributed by atoms with Gasteiger partial charge in [-0.2, -0.15) is 0 Å². The Morgan fingerprint density at radius 3 is 1.92 bits per heavy atom. The summed E-state index contributed by atoms with van der Waals surface area (Å²) in [5.41, 5.74) is -0.316. The van der Waals surface area contributed by atoms with E-state index in [2.05, 4.69) is 5.32 Å². The van der Waals surface area contributed by atoms with E-state index >= 15 is 0 Å². The van der Waals surface area contributed by atoms with Crippen molar-refractivity contribution in [2.24, 2.45) is 0 Å². The molecular weight excluding hydrogens is 220 g/mol. The summed E-state index contributed by atoms with van der Waals surface area (Å²) >= 11 is 16.1. The van der Waals surface area contributed by atoms with Gasteiger partial charge in [0.2, 0.25) is 9.70 Å². The van der Waals surface area contributed by atoms with Crippen molar-refractivity contribution in [3.63, 3.8) is 0 Å². The fourth-order valence-electron chi connectivity index (χ4n) is 0.554. The van der Waals surface area contributed by atoms with Crippen LogP contribution in [0.2, 0.25) is 0 Å². The predicted molar refractivity (Wildman–Crippen MR) is 52.5 cm³/mol. The minimum absolute atomic E-state index is 0.316. The van der Waals surface area contributed by atoms with Crippen molar-refractivity contribution in [3.8, 4) is 0 Å². The number of alkyl halides is 3. The van der Waals surface area contributed by atoms with Gasteiger partial charge in [0.05, 0.1) is 0 Å². The summed E-state index contributed by atoms with van der Waals surface area (Å²) in [7, 11) is 0. The van der Waals surface area contributed by atoms with Crippen LogP contribution in [0.15, 0.2) is 0 Å². The maximum Gasteiger partial charge on any atom is 0.228 e. The van der Waals surface area contributed by atoms with Crippen LogP contribution in [-0.4, -0.2) is 15.2 Å². The van der Waals surface area contributed by atoms with Crippen LogP contribution in [-0.2, 0) is 4.79 Å². The third-order valence-electron chi connectivity index (χ3n) is 0.793. The topological polar surface area (TPSA) is 29.1 Å². The van der Waals surface area contributed by atoms with E-state index in [1.165, 1.54) is 0 Å². The van der Waals surface area contributed by atoms with Gasteiger partial charge in [0.15, 0.2) is 0 Å². The standard InChI is InChI=1S/C7H11Cl3NO/c1-6(2,3)11-5(12)4-7(8,9)10/h4H,1-3H3,(H,11,12). The fraction of sp³-hybridized carbons (Fsp3) is 0.714. The number of carbonyl (C=O) groups is 1. The van der Waals surface area contributed by atoms with E-state index in [1.807, 2.05) is 20.8 Å². The van der Waals surface area contributed by atoms with Crippen LogP contribution >= 0.6 is 34.8 Å². The first-order chi connectivity index (χ1) is 5.10. The van der Waals surface area contributed by atoms with Gasteiger partial charge in [0.1, 0.15) is 6.42 Å². The second-order valence-corrected chi connectivity index (χ2v) is 5.79. The Hall–Kier alpha value is 0.340. The number of rotatable bonds is 1. The van der Waals surface area contributed by atoms with Crippen molar-refractivity contribution in [2.75, 3.05) is 0 Å². The average molecular weight is 232 g/mol. The largest absolute Gasteiger partial charge is 0.351 e. The molecule has 0 saturated carbocycles. The first-order valence-corrected chi connectivity index (χ1v) is 4.48. The van der Waals surface area contributed by atoms with Gasteiger partial charge >= 0.3 is 0 Å². The molecule has 0 aliphatic heterocycles. The van der Waals surface area contributed by atoms with E-state index in [0.29, 0.717) is 0 Å². The van der Waals surface area contributed by atoms with Crippen LogP contribution in [0.25, 0.3) is 0 Å². The van der Waals surface area contributed by atoms with Crippen LogP contribution in [0.1, 0.15) is 20.8 Å². The zero-order valence-corrected chi connectivity index (χ0v) is 9.39. The lowest BCUT2D eigenvalue weighted by Gasteiger charge is -2.21. The van der Waals surface area contributed by atoms with E-state index in [1.54, 1.807) is 0 Å². The summed E-state index contributed by atoms with van der Waals surface area (Å²) in [6, 6.07) is 0. The molecule has 0 fully saturated rings. The molecule has 1 N–H and O–H groups in total. The second kappa shape index (κ2) is 4.03. The van der Waals surface area contributed by atoms with E-state index in [4.69, 9.17) is 34.8 Å². The highest BCUT2D eigenvalue weighted by Crippen LogP contribution is 2.28. The highest BCUT2D eigenvalue weighted by atomic mass is 35.6. The Kier molecular flexibility index (Phi) is 4.15. The SMILES string of the molecule is CC(C)(C)NC(=O)[CH]C(Cl)(Cl)Cl. The number of carbonyl (C=O) groups excluding carboxylic acids is 1. The minimum atomic E-state index is -1.63. The summed E-state index contributed by atoms with van der Waals surface area (Å²) in [5.74, 6) is -0.387. The molecule has 12 heavy (non-hydrogen) atoms. The Balaban J connectivity index is 3.92. The van der Waals surface area contributed by atoms with E-state index < -0.39 is 3.79 Å². The van der Waals surface area contributed by atoms with Crippen molar-refractivity contribution in [3.05, 3.63) is 6.42 Å². The molecule has 0 saturated heterocycles. The molecule has 0 rings (SSSR count). The molecule has 0 aromatic carbocycles. The number of hydrogen-bond acceptors (Lipinski definition) is 1. The van der Waals surface area contributed by atoms with Crippen LogP contribution in [0.4, 0.5) is 0 Å². The van der Waals surface area contributed by atoms with E-state index in [0.717, 1.165) is 6.42 Å². The molecule has 0 atom stereocenters. The number of halogens is 3. The first kappa shape index (κ1) is 12.3. The van der Waals surface area contributed by atoms with Gasteiger partial charge < -0.3 is 5.32 Å². The number of amides is 1. The predicted octanol–water partition coefficient (Wildman–Crippen LogP) is 2.48. The van der Waals surface area contributed by atoms with Gasteiger partial charge in [0, 0.05) is 5.54 Å². The van der Waals surface area contributed by atoms with E-state index in [-0.39, 0.29) is 11.4 Å². The van der Waals surface area contributed by atoms with Gasteiger partial charge in [0.25, 0.3) is 0 Å². The molecule has 0 heterocycles. The zero-order chi connectivity index (χ0) is 9.99. The molecular formula is C7H11Cl3NO. The van der Waals surface area contributed by atoms with E-state index in [9.17, 15) is 4.79 Å². The average Bonchev–Trinajstić information content (AvgIpc) is 1.49. The quantitative estimate of drug-likeness (QED) is 0.690. The molecule has 0 bridgehead atoms. The molecule has 1 amide bonds. The van der Waals surface area contributed by atoms with Gasteiger partial charge in [-0.05, 0) is 20.8 Å². The van der Waals surface area contributed by atoms with Crippen molar-refractivity contribution in [2.45, 2.75) is 30.1 Å². The van der Waals surface area contributed by atoms with Crippen molar-refractivity contribution < 1.29 is 4.79 Å². The molecule has 5 heteroatoms. The Morgan fingerprint density at radius 1 is 1.25 bits per heavy atom. The smallest absolute Gasteiger partial charge is 0.228 e. The lowest BCUT2D eigenvalue weighted by atomic mass is 10.1. The second-order valence-electron chi connectivity index (χ2n) is 3.43. The maximum absolute atomic E-state index is 11.1. The Morgan fingerprint density at radius 2 is 1.67 bits per heavy atom. The zero-order valence-electron chi connectivity index (χ0n) is 7.12. The third-order valence-corrected chi connectivity index (χ3v) is 1.12. The molecule has 1 radical (unpaired) electrons. The Labute approximate surface area is 87.6 Å². The Bertz CT molecular complexity index is 150. The molecule has 0 aromatic heterocycles. The fourth-order valence-corrected chi connectivity index (χ4v) is 0.852. The van der Waals surface area contributed by atoms with Gasteiger partial charge in [-0.15, -0.1) is 0 Å². The molecule has 0 unspecified atom stereocenters. The molecule has 71 valence electrons. The number of nitrogens with one attached hydrogen (secondary N) is 1. The van der Waals surface area contributed by atoms with Crippen LogP contribution < -0.4 is 5.32 Å². The van der Waals surface area contributed by atoms with Crippen LogP contribution in [0.3, 0.4) is 0 Å². The minimum Gasteiger partial charge on any atom is -0.351 e. The normalized spacial score (nSPS) is 12.8. The lowest BCUT2D eigenvalue weighted by Crippen LogP contribution is -2.42. The highest BCUT2D eigenvalue weighted by Gasteiger charge is 2.26. The molecule has 0 spiro atoms. The van der Waals surface area contributed by atoms with Crippen LogP contribution in [0, 0.1) is 6.42 Å². The maximum atomic E-state index is 11.1. The van der Waals surface area contributed by atoms with Crippen molar-refractivity contribution in [1.29, 1.82) is 0 Å². The molecule has 0 aromatic rings.